The molecule has 1 atom stereocenters. The predicted octanol–water partition coefficient (Wildman–Crippen LogP) is 1.26. The van der Waals surface area contributed by atoms with E-state index in [0.29, 0.717) is 24.4 Å². The van der Waals surface area contributed by atoms with E-state index in [1.807, 2.05) is 12.1 Å². The fraction of sp³-hybridized carbons (Fsp3) is 0.417. The second kappa shape index (κ2) is 5.38. The van der Waals surface area contributed by atoms with Crippen molar-refractivity contribution in [2.75, 3.05) is 11.5 Å². The van der Waals surface area contributed by atoms with Crippen LogP contribution in [0.25, 0.3) is 11.4 Å². The summed E-state index contributed by atoms with van der Waals surface area (Å²) in [5.41, 5.74) is 7.20. The molecule has 0 saturated carbocycles. The second-order valence-corrected chi connectivity index (χ2v) is 8.31. The molecule has 3 rings (SSSR count). The SMILES string of the molecule is Nc1cc(-c2nnnn2CC2CCCS2(=O)=O)ccc1Br. The van der Waals surface area contributed by atoms with E-state index in [1.165, 1.54) is 4.68 Å². The molecule has 0 amide bonds. The third-order valence-corrected chi connectivity index (χ3v) is 6.61. The molecule has 1 unspecified atom stereocenters. The Balaban J connectivity index is 1.92. The Hall–Kier alpha value is -1.48. The van der Waals surface area contributed by atoms with Crippen LogP contribution in [0, 0.1) is 0 Å². The monoisotopic (exact) mass is 371 g/mol. The largest absolute Gasteiger partial charge is 0.398 e. The molecular formula is C12H14BrN5O2S. The summed E-state index contributed by atoms with van der Waals surface area (Å²) in [5, 5.41) is 11.1. The molecule has 0 bridgehead atoms. The van der Waals surface area contributed by atoms with Crippen LogP contribution < -0.4 is 5.73 Å². The van der Waals surface area contributed by atoms with Crippen molar-refractivity contribution in [3.63, 3.8) is 0 Å². The van der Waals surface area contributed by atoms with E-state index in [-0.39, 0.29) is 12.3 Å². The van der Waals surface area contributed by atoms with Crippen LogP contribution in [0.1, 0.15) is 12.8 Å². The van der Waals surface area contributed by atoms with Crippen molar-refractivity contribution in [3.8, 4) is 11.4 Å². The van der Waals surface area contributed by atoms with E-state index < -0.39 is 15.1 Å². The van der Waals surface area contributed by atoms with E-state index in [2.05, 4.69) is 31.5 Å². The Morgan fingerprint density at radius 1 is 1.43 bits per heavy atom. The zero-order valence-corrected chi connectivity index (χ0v) is 13.5. The summed E-state index contributed by atoms with van der Waals surface area (Å²) in [6, 6.07) is 5.41. The highest BCUT2D eigenvalue weighted by Gasteiger charge is 2.32. The van der Waals surface area contributed by atoms with Crippen molar-refractivity contribution in [3.05, 3.63) is 22.7 Å². The number of anilines is 1. The highest BCUT2D eigenvalue weighted by atomic mass is 79.9. The molecule has 7 nitrogen and oxygen atoms in total. The summed E-state index contributed by atoms with van der Waals surface area (Å²) in [4.78, 5) is 0. The molecule has 1 aliphatic heterocycles. The normalized spacial score (nSPS) is 20.7. The van der Waals surface area contributed by atoms with E-state index in [0.717, 1.165) is 10.0 Å². The third-order valence-electron chi connectivity index (χ3n) is 3.63. The van der Waals surface area contributed by atoms with Gasteiger partial charge in [0, 0.05) is 15.7 Å². The van der Waals surface area contributed by atoms with Gasteiger partial charge in [-0.3, -0.25) is 0 Å². The number of sulfone groups is 1. The predicted molar refractivity (Wildman–Crippen MR) is 82.2 cm³/mol. The van der Waals surface area contributed by atoms with Gasteiger partial charge in [-0.2, -0.15) is 0 Å². The third kappa shape index (κ3) is 2.80. The van der Waals surface area contributed by atoms with Crippen molar-refractivity contribution in [2.45, 2.75) is 24.6 Å². The van der Waals surface area contributed by atoms with Crippen molar-refractivity contribution in [2.24, 2.45) is 0 Å². The van der Waals surface area contributed by atoms with Gasteiger partial charge in [0.1, 0.15) is 0 Å². The minimum atomic E-state index is -3.03. The van der Waals surface area contributed by atoms with Crippen LogP contribution in [-0.2, 0) is 16.4 Å². The average Bonchev–Trinajstić information content (AvgIpc) is 3.01. The zero-order valence-electron chi connectivity index (χ0n) is 11.1. The average molecular weight is 372 g/mol. The van der Waals surface area contributed by atoms with Gasteiger partial charge in [0.25, 0.3) is 0 Å². The number of nitrogen functional groups attached to an aromatic ring is 1. The summed E-state index contributed by atoms with van der Waals surface area (Å²) in [5.74, 6) is 0.775. The van der Waals surface area contributed by atoms with E-state index >= 15 is 0 Å². The van der Waals surface area contributed by atoms with Crippen molar-refractivity contribution >= 4 is 31.5 Å². The number of aromatic nitrogens is 4. The first-order chi connectivity index (χ1) is 9.97. The maximum absolute atomic E-state index is 11.9. The number of benzene rings is 1. The Morgan fingerprint density at radius 2 is 2.24 bits per heavy atom. The van der Waals surface area contributed by atoms with Gasteiger partial charge in [0.05, 0.1) is 17.5 Å². The van der Waals surface area contributed by atoms with Crippen LogP contribution in [0.4, 0.5) is 5.69 Å². The van der Waals surface area contributed by atoms with Gasteiger partial charge >= 0.3 is 0 Å². The molecule has 1 aromatic heterocycles. The van der Waals surface area contributed by atoms with E-state index in [4.69, 9.17) is 5.73 Å². The number of nitrogens with two attached hydrogens (primary N) is 1. The van der Waals surface area contributed by atoms with Crippen molar-refractivity contribution in [1.29, 1.82) is 0 Å². The van der Waals surface area contributed by atoms with Gasteiger partial charge in [-0.05, 0) is 57.4 Å². The zero-order chi connectivity index (χ0) is 15.0. The number of tetrazole rings is 1. The minimum absolute atomic E-state index is 0.250. The molecule has 9 heteroatoms. The molecule has 1 saturated heterocycles. The molecule has 2 heterocycles. The van der Waals surface area contributed by atoms with E-state index in [1.54, 1.807) is 6.07 Å². The van der Waals surface area contributed by atoms with Crippen molar-refractivity contribution in [1.82, 2.24) is 20.2 Å². The Bertz CT molecular complexity index is 774. The smallest absolute Gasteiger partial charge is 0.182 e. The van der Waals surface area contributed by atoms with Crippen LogP contribution in [0.15, 0.2) is 22.7 Å². The maximum atomic E-state index is 11.9. The van der Waals surface area contributed by atoms with Crippen LogP contribution in [0.3, 0.4) is 0 Å². The fourth-order valence-electron chi connectivity index (χ4n) is 2.47. The Labute approximate surface area is 130 Å². The lowest BCUT2D eigenvalue weighted by atomic mass is 10.2. The van der Waals surface area contributed by atoms with Gasteiger partial charge in [-0.25, -0.2) is 13.1 Å². The highest BCUT2D eigenvalue weighted by Crippen LogP contribution is 2.27. The first kappa shape index (κ1) is 14.5. The molecule has 2 aromatic rings. The van der Waals surface area contributed by atoms with Crippen molar-refractivity contribution < 1.29 is 8.42 Å². The van der Waals surface area contributed by atoms with Crippen LogP contribution in [0.5, 0.6) is 0 Å². The van der Waals surface area contributed by atoms with Gasteiger partial charge in [0.2, 0.25) is 0 Å². The quantitative estimate of drug-likeness (QED) is 0.814. The highest BCUT2D eigenvalue weighted by molar-refractivity contribution is 9.10. The lowest BCUT2D eigenvalue weighted by molar-refractivity contribution is 0.534. The summed E-state index contributed by atoms with van der Waals surface area (Å²) < 4.78 is 26.2. The Kier molecular flexibility index (Phi) is 3.70. The molecule has 2 N–H and O–H groups in total. The number of nitrogens with zero attached hydrogens (tertiary/aromatic N) is 4. The first-order valence-corrected chi connectivity index (χ1v) is 9.01. The Morgan fingerprint density at radius 3 is 2.90 bits per heavy atom. The molecule has 1 aliphatic rings. The molecule has 1 aromatic carbocycles. The number of hydrogen-bond donors (Lipinski definition) is 1. The maximum Gasteiger partial charge on any atom is 0.182 e. The summed E-state index contributed by atoms with van der Waals surface area (Å²) in [6.45, 7) is 0.278. The molecule has 0 spiro atoms. The summed E-state index contributed by atoms with van der Waals surface area (Å²) in [7, 11) is -3.03. The molecule has 1 fully saturated rings. The number of hydrogen-bond acceptors (Lipinski definition) is 6. The van der Waals surface area contributed by atoms with Gasteiger partial charge in [-0.1, -0.05) is 0 Å². The lowest BCUT2D eigenvalue weighted by Crippen LogP contribution is -2.23. The fourth-order valence-corrected chi connectivity index (χ4v) is 4.52. The van der Waals surface area contributed by atoms with Gasteiger partial charge < -0.3 is 5.73 Å². The van der Waals surface area contributed by atoms with Crippen LogP contribution in [-0.4, -0.2) is 39.6 Å². The topological polar surface area (TPSA) is 104 Å². The standard InChI is InChI=1S/C12H14BrN5O2S/c13-10-4-3-8(6-11(10)14)12-15-16-17-18(12)7-9-2-1-5-21(9,19)20/h3-4,6,9H,1-2,5,7,14H2. The molecule has 0 aliphatic carbocycles. The molecule has 112 valence electrons. The molecular weight excluding hydrogens is 358 g/mol. The van der Waals surface area contributed by atoms with Crippen LogP contribution >= 0.6 is 15.9 Å². The lowest BCUT2D eigenvalue weighted by Gasteiger charge is -2.10. The summed E-state index contributed by atoms with van der Waals surface area (Å²) in [6.07, 6.45) is 1.36. The number of halogens is 1. The first-order valence-electron chi connectivity index (χ1n) is 6.50. The minimum Gasteiger partial charge on any atom is -0.398 e. The number of rotatable bonds is 3. The summed E-state index contributed by atoms with van der Waals surface area (Å²) >= 11 is 3.33. The molecule has 0 radical (unpaired) electrons. The van der Waals surface area contributed by atoms with Crippen LogP contribution in [0.2, 0.25) is 0 Å². The van der Waals surface area contributed by atoms with E-state index in [9.17, 15) is 8.42 Å². The van der Waals surface area contributed by atoms with Gasteiger partial charge in [0.15, 0.2) is 15.7 Å². The second-order valence-electron chi connectivity index (χ2n) is 5.05. The van der Waals surface area contributed by atoms with Gasteiger partial charge in [-0.15, -0.1) is 5.10 Å². The molecule has 21 heavy (non-hydrogen) atoms.